The van der Waals surface area contributed by atoms with E-state index in [0.29, 0.717) is 5.92 Å². The van der Waals surface area contributed by atoms with Crippen LogP contribution in [0.3, 0.4) is 0 Å². The summed E-state index contributed by atoms with van der Waals surface area (Å²) in [5.41, 5.74) is 2.27. The van der Waals surface area contributed by atoms with E-state index >= 15 is 0 Å². The summed E-state index contributed by atoms with van der Waals surface area (Å²) in [6, 6.07) is 8.99. The van der Waals surface area contributed by atoms with Crippen LogP contribution in [0.15, 0.2) is 30.3 Å². The standard InChI is InChI=1S/C21H27FN4O/c1-16-23-20(18-7-12-27-15-18)13-21(24-16)26-9-2-8-25(10-11-26)14-17-3-5-19(22)6-4-17/h3-6,13,18H,2,7-12,14-15H2,1H3/t18-/m1/s1. The zero-order valence-electron chi connectivity index (χ0n) is 15.9. The minimum absolute atomic E-state index is 0.177. The van der Waals surface area contributed by atoms with Gasteiger partial charge in [-0.05, 0) is 37.5 Å². The summed E-state index contributed by atoms with van der Waals surface area (Å²) in [5.74, 6) is 2.09. The third kappa shape index (κ3) is 4.62. The number of benzene rings is 1. The minimum atomic E-state index is -0.177. The molecule has 0 aliphatic carbocycles. The van der Waals surface area contributed by atoms with E-state index in [1.54, 1.807) is 0 Å². The number of rotatable bonds is 4. The lowest BCUT2D eigenvalue weighted by Gasteiger charge is -2.24. The van der Waals surface area contributed by atoms with Crippen LogP contribution in [-0.2, 0) is 11.3 Å². The van der Waals surface area contributed by atoms with E-state index < -0.39 is 0 Å². The van der Waals surface area contributed by atoms with E-state index in [9.17, 15) is 4.39 Å². The molecule has 0 amide bonds. The largest absolute Gasteiger partial charge is 0.381 e. The molecular formula is C21H27FN4O. The normalized spacial score (nSPS) is 21.4. The van der Waals surface area contributed by atoms with Crippen LogP contribution in [0.25, 0.3) is 0 Å². The van der Waals surface area contributed by atoms with Crippen LogP contribution < -0.4 is 4.90 Å². The SMILES string of the molecule is Cc1nc([C@@H]2CCOC2)cc(N2CCCN(Cc3ccc(F)cc3)CC2)n1. The van der Waals surface area contributed by atoms with Gasteiger partial charge in [-0.25, -0.2) is 14.4 Å². The second-order valence-corrected chi connectivity index (χ2v) is 7.50. The van der Waals surface area contributed by atoms with Crippen LogP contribution in [0.1, 0.15) is 35.8 Å². The number of aromatic nitrogens is 2. The Morgan fingerprint density at radius 2 is 1.96 bits per heavy atom. The summed E-state index contributed by atoms with van der Waals surface area (Å²) < 4.78 is 18.6. The van der Waals surface area contributed by atoms with Crippen LogP contribution >= 0.6 is 0 Å². The fourth-order valence-corrected chi connectivity index (χ4v) is 3.92. The third-order valence-electron chi connectivity index (χ3n) is 5.42. The van der Waals surface area contributed by atoms with E-state index in [1.807, 2.05) is 19.1 Å². The van der Waals surface area contributed by atoms with Crippen molar-refractivity contribution in [1.29, 1.82) is 0 Å². The van der Waals surface area contributed by atoms with Crippen LogP contribution in [0.2, 0.25) is 0 Å². The molecule has 2 aromatic rings. The molecule has 6 heteroatoms. The molecule has 1 aromatic heterocycles. The first kappa shape index (κ1) is 18.3. The Balaban J connectivity index is 1.42. The van der Waals surface area contributed by atoms with Gasteiger partial charge in [-0.1, -0.05) is 12.1 Å². The van der Waals surface area contributed by atoms with Gasteiger partial charge in [0.25, 0.3) is 0 Å². The van der Waals surface area contributed by atoms with Crippen molar-refractivity contribution in [3.8, 4) is 0 Å². The van der Waals surface area contributed by atoms with Crippen molar-refractivity contribution in [2.24, 2.45) is 0 Å². The van der Waals surface area contributed by atoms with Gasteiger partial charge in [-0.15, -0.1) is 0 Å². The lowest BCUT2D eigenvalue weighted by molar-refractivity contribution is 0.193. The molecule has 1 aromatic carbocycles. The molecule has 144 valence electrons. The summed E-state index contributed by atoms with van der Waals surface area (Å²) in [6.07, 6.45) is 2.13. The van der Waals surface area contributed by atoms with Gasteiger partial charge in [-0.2, -0.15) is 0 Å². The van der Waals surface area contributed by atoms with Gasteiger partial charge in [0.05, 0.1) is 12.3 Å². The molecule has 0 saturated carbocycles. The highest BCUT2D eigenvalue weighted by molar-refractivity contribution is 5.41. The number of hydrogen-bond donors (Lipinski definition) is 0. The first-order valence-corrected chi connectivity index (χ1v) is 9.82. The molecule has 0 N–H and O–H groups in total. The summed E-state index contributed by atoms with van der Waals surface area (Å²) in [4.78, 5) is 14.2. The third-order valence-corrected chi connectivity index (χ3v) is 5.42. The monoisotopic (exact) mass is 370 g/mol. The Morgan fingerprint density at radius 3 is 2.74 bits per heavy atom. The van der Waals surface area contributed by atoms with E-state index in [-0.39, 0.29) is 5.82 Å². The Kier molecular flexibility index (Phi) is 5.64. The molecule has 5 nitrogen and oxygen atoms in total. The summed E-state index contributed by atoms with van der Waals surface area (Å²) in [6.45, 7) is 8.38. The Morgan fingerprint density at radius 1 is 1.11 bits per heavy atom. The van der Waals surface area contributed by atoms with Crippen molar-refractivity contribution in [2.45, 2.75) is 32.2 Å². The smallest absolute Gasteiger partial charge is 0.132 e. The maximum Gasteiger partial charge on any atom is 0.132 e. The second kappa shape index (κ2) is 8.31. The lowest BCUT2D eigenvalue weighted by Crippen LogP contribution is -2.31. The molecule has 0 bridgehead atoms. The van der Waals surface area contributed by atoms with E-state index in [2.05, 4.69) is 20.9 Å². The quantitative estimate of drug-likeness (QED) is 0.827. The topological polar surface area (TPSA) is 41.5 Å². The Hall–Kier alpha value is -2.05. The molecule has 1 atom stereocenters. The van der Waals surface area contributed by atoms with Crippen LogP contribution in [0.5, 0.6) is 0 Å². The predicted octanol–water partition coefficient (Wildman–Crippen LogP) is 3.14. The molecule has 2 saturated heterocycles. The van der Waals surface area contributed by atoms with Gasteiger partial charge in [-0.3, -0.25) is 4.90 Å². The summed E-state index contributed by atoms with van der Waals surface area (Å²) in [7, 11) is 0. The van der Waals surface area contributed by atoms with Gasteiger partial charge in [0.1, 0.15) is 17.5 Å². The van der Waals surface area contributed by atoms with Crippen LogP contribution in [0.4, 0.5) is 10.2 Å². The van der Waals surface area contributed by atoms with Crippen molar-refractivity contribution in [3.63, 3.8) is 0 Å². The number of ether oxygens (including phenoxy) is 1. The van der Waals surface area contributed by atoms with Gasteiger partial charge in [0.15, 0.2) is 0 Å². The molecule has 2 fully saturated rings. The first-order chi connectivity index (χ1) is 13.2. The average molecular weight is 370 g/mol. The average Bonchev–Trinajstić information content (AvgIpc) is 3.10. The van der Waals surface area contributed by atoms with Crippen molar-refractivity contribution in [1.82, 2.24) is 14.9 Å². The highest BCUT2D eigenvalue weighted by Gasteiger charge is 2.22. The molecule has 0 unspecified atom stereocenters. The molecule has 0 radical (unpaired) electrons. The zero-order valence-corrected chi connectivity index (χ0v) is 15.9. The van der Waals surface area contributed by atoms with Gasteiger partial charge in [0, 0.05) is 51.3 Å². The molecule has 27 heavy (non-hydrogen) atoms. The highest BCUT2D eigenvalue weighted by atomic mass is 19.1. The van der Waals surface area contributed by atoms with Crippen molar-refractivity contribution in [3.05, 3.63) is 53.2 Å². The Bertz CT molecular complexity index is 761. The zero-order chi connectivity index (χ0) is 18.6. The predicted molar refractivity (Wildman–Crippen MR) is 103 cm³/mol. The second-order valence-electron chi connectivity index (χ2n) is 7.50. The fourth-order valence-electron chi connectivity index (χ4n) is 3.92. The van der Waals surface area contributed by atoms with Crippen molar-refractivity contribution >= 4 is 5.82 Å². The fraction of sp³-hybridized carbons (Fsp3) is 0.524. The van der Waals surface area contributed by atoms with Crippen LogP contribution in [-0.4, -0.2) is 54.3 Å². The van der Waals surface area contributed by atoms with E-state index in [4.69, 9.17) is 9.72 Å². The number of halogens is 1. The number of nitrogens with zero attached hydrogens (tertiary/aromatic N) is 4. The van der Waals surface area contributed by atoms with Gasteiger partial charge in [0.2, 0.25) is 0 Å². The Labute approximate surface area is 160 Å². The highest BCUT2D eigenvalue weighted by Crippen LogP contribution is 2.26. The maximum atomic E-state index is 13.1. The molecule has 3 heterocycles. The number of hydrogen-bond acceptors (Lipinski definition) is 5. The van der Waals surface area contributed by atoms with Crippen molar-refractivity contribution < 1.29 is 9.13 Å². The summed E-state index contributed by atoms with van der Waals surface area (Å²) in [5, 5.41) is 0. The summed E-state index contributed by atoms with van der Waals surface area (Å²) >= 11 is 0. The van der Waals surface area contributed by atoms with Crippen LogP contribution in [0, 0.1) is 12.7 Å². The van der Waals surface area contributed by atoms with Crippen molar-refractivity contribution in [2.75, 3.05) is 44.3 Å². The molecule has 4 rings (SSSR count). The number of aryl methyl sites for hydroxylation is 1. The molecule has 2 aliphatic heterocycles. The van der Waals surface area contributed by atoms with E-state index in [0.717, 1.165) is 81.7 Å². The lowest BCUT2D eigenvalue weighted by atomic mass is 10.0. The minimum Gasteiger partial charge on any atom is -0.381 e. The van der Waals surface area contributed by atoms with E-state index in [1.165, 1.54) is 12.1 Å². The molecular weight excluding hydrogens is 343 g/mol. The molecule has 0 spiro atoms. The maximum absolute atomic E-state index is 13.1. The van der Waals surface area contributed by atoms with Gasteiger partial charge < -0.3 is 9.64 Å². The molecule has 2 aliphatic rings. The first-order valence-electron chi connectivity index (χ1n) is 9.82. The van der Waals surface area contributed by atoms with Gasteiger partial charge >= 0.3 is 0 Å². The number of anilines is 1.